The third-order valence-corrected chi connectivity index (χ3v) is 5.15. The van der Waals surface area contributed by atoms with Crippen LogP contribution in [0.2, 0.25) is 5.02 Å². The molecule has 1 N–H and O–H groups in total. The zero-order valence-electron chi connectivity index (χ0n) is 13.6. The second-order valence-electron chi connectivity index (χ2n) is 6.28. The first kappa shape index (κ1) is 15.2. The molecule has 6 nitrogen and oxygen atoms in total. The van der Waals surface area contributed by atoms with E-state index >= 15 is 0 Å². The minimum Gasteiger partial charge on any atom is -0.342 e. The Bertz CT molecular complexity index is 889. The predicted octanol–water partition coefficient (Wildman–Crippen LogP) is 2.66. The summed E-state index contributed by atoms with van der Waals surface area (Å²) in [6.45, 7) is 5.32. The molecule has 3 aromatic rings. The summed E-state index contributed by atoms with van der Waals surface area (Å²) in [6.07, 6.45) is 0. The van der Waals surface area contributed by atoms with E-state index in [9.17, 15) is 4.79 Å². The molecule has 1 saturated heterocycles. The fraction of sp³-hybridized carbons (Fsp3) is 0.353. The number of carbonyl (C=O) groups is 1. The molecule has 1 aliphatic rings. The Morgan fingerprint density at radius 3 is 2.75 bits per heavy atom. The summed E-state index contributed by atoms with van der Waals surface area (Å²) in [7, 11) is 0. The number of hydrogen-bond donors (Lipinski definition) is 1. The van der Waals surface area contributed by atoms with Crippen LogP contribution in [0.25, 0.3) is 11.0 Å². The topological polar surface area (TPSA) is 66.8 Å². The monoisotopic (exact) mass is 343 g/mol. The van der Waals surface area contributed by atoms with Crippen molar-refractivity contribution in [3.05, 3.63) is 46.5 Å². The lowest BCUT2D eigenvalue weighted by Crippen LogP contribution is -2.50. The highest BCUT2D eigenvalue weighted by atomic mass is 35.5. The minimum atomic E-state index is 0.0598. The van der Waals surface area contributed by atoms with Crippen molar-refractivity contribution < 1.29 is 4.79 Å². The number of benzene rings is 1. The normalized spacial score (nSPS) is 15.0. The van der Waals surface area contributed by atoms with Crippen LogP contribution in [0.4, 0.5) is 0 Å². The number of rotatable bonds is 3. The second kappa shape index (κ2) is 5.63. The SMILES string of the molecule is Cc1nn(CC(=O)N2CC(c3nc4ccccc4[nH]3)C2)c(C)c1Cl. The quantitative estimate of drug-likeness (QED) is 0.795. The Labute approximate surface area is 144 Å². The van der Waals surface area contributed by atoms with E-state index in [1.54, 1.807) is 4.68 Å². The molecule has 0 saturated carbocycles. The van der Waals surface area contributed by atoms with Crippen molar-refractivity contribution in [2.24, 2.45) is 0 Å². The Balaban J connectivity index is 1.41. The average molecular weight is 344 g/mol. The Hall–Kier alpha value is -2.34. The molecule has 1 aliphatic heterocycles. The summed E-state index contributed by atoms with van der Waals surface area (Å²) in [5.41, 5.74) is 3.59. The summed E-state index contributed by atoms with van der Waals surface area (Å²) >= 11 is 6.13. The first-order valence-corrected chi connectivity index (χ1v) is 8.32. The van der Waals surface area contributed by atoms with Crippen LogP contribution in [0.1, 0.15) is 23.1 Å². The van der Waals surface area contributed by atoms with E-state index in [0.29, 0.717) is 18.1 Å². The Kier molecular flexibility index (Phi) is 3.57. The molecule has 24 heavy (non-hydrogen) atoms. The van der Waals surface area contributed by atoms with Crippen LogP contribution in [-0.2, 0) is 11.3 Å². The lowest BCUT2D eigenvalue weighted by atomic mass is 9.99. The van der Waals surface area contributed by atoms with Gasteiger partial charge < -0.3 is 9.88 Å². The predicted molar refractivity (Wildman–Crippen MR) is 92.1 cm³/mol. The lowest BCUT2D eigenvalue weighted by molar-refractivity contribution is -0.136. The van der Waals surface area contributed by atoms with Crippen LogP contribution < -0.4 is 0 Å². The third kappa shape index (κ3) is 2.47. The molecule has 0 atom stereocenters. The molecule has 0 radical (unpaired) electrons. The molecule has 7 heteroatoms. The van der Waals surface area contributed by atoms with E-state index in [0.717, 1.165) is 28.2 Å². The first-order valence-electron chi connectivity index (χ1n) is 7.95. The molecular weight excluding hydrogens is 326 g/mol. The third-order valence-electron chi connectivity index (χ3n) is 4.61. The van der Waals surface area contributed by atoms with E-state index in [-0.39, 0.29) is 18.4 Å². The number of halogens is 1. The fourth-order valence-corrected chi connectivity index (χ4v) is 3.21. The van der Waals surface area contributed by atoms with Crippen LogP contribution >= 0.6 is 11.6 Å². The molecule has 3 heterocycles. The van der Waals surface area contributed by atoms with Crippen LogP contribution in [0.5, 0.6) is 0 Å². The number of nitrogens with one attached hydrogen (secondary N) is 1. The van der Waals surface area contributed by atoms with Crippen molar-refractivity contribution in [2.45, 2.75) is 26.3 Å². The summed E-state index contributed by atoms with van der Waals surface area (Å²) in [5, 5.41) is 4.95. The molecule has 1 aromatic carbocycles. The highest BCUT2D eigenvalue weighted by Gasteiger charge is 2.34. The number of fused-ring (bicyclic) bond motifs is 1. The van der Waals surface area contributed by atoms with Gasteiger partial charge in [0.2, 0.25) is 5.91 Å². The van der Waals surface area contributed by atoms with Crippen LogP contribution in [0, 0.1) is 13.8 Å². The van der Waals surface area contributed by atoms with E-state index in [2.05, 4.69) is 15.1 Å². The zero-order chi connectivity index (χ0) is 16.8. The van der Waals surface area contributed by atoms with Crippen molar-refractivity contribution in [1.82, 2.24) is 24.6 Å². The van der Waals surface area contributed by atoms with Gasteiger partial charge in [-0.2, -0.15) is 5.10 Å². The maximum Gasteiger partial charge on any atom is 0.244 e. The number of amides is 1. The number of nitrogens with zero attached hydrogens (tertiary/aromatic N) is 4. The number of likely N-dealkylation sites (tertiary alicyclic amines) is 1. The van der Waals surface area contributed by atoms with Crippen molar-refractivity contribution in [1.29, 1.82) is 0 Å². The summed E-state index contributed by atoms with van der Waals surface area (Å²) < 4.78 is 1.68. The number of aromatic amines is 1. The molecule has 0 unspecified atom stereocenters. The highest BCUT2D eigenvalue weighted by molar-refractivity contribution is 6.31. The van der Waals surface area contributed by atoms with Gasteiger partial charge in [0, 0.05) is 13.1 Å². The van der Waals surface area contributed by atoms with Gasteiger partial charge in [-0.05, 0) is 26.0 Å². The number of para-hydroxylation sites is 2. The van der Waals surface area contributed by atoms with E-state index < -0.39 is 0 Å². The fourth-order valence-electron chi connectivity index (χ4n) is 3.08. The zero-order valence-corrected chi connectivity index (χ0v) is 14.3. The van der Waals surface area contributed by atoms with Gasteiger partial charge >= 0.3 is 0 Å². The van der Waals surface area contributed by atoms with Gasteiger partial charge in [0.1, 0.15) is 12.4 Å². The first-order chi connectivity index (χ1) is 11.5. The molecule has 1 fully saturated rings. The molecule has 2 aromatic heterocycles. The van der Waals surface area contributed by atoms with Gasteiger partial charge in [-0.25, -0.2) is 4.98 Å². The molecule has 0 bridgehead atoms. The number of imidazole rings is 1. The molecule has 1 amide bonds. The average Bonchev–Trinajstić information content (AvgIpc) is 3.03. The van der Waals surface area contributed by atoms with E-state index in [1.807, 2.05) is 43.0 Å². The molecule has 124 valence electrons. The van der Waals surface area contributed by atoms with Crippen LogP contribution in [-0.4, -0.2) is 43.6 Å². The number of hydrogen-bond acceptors (Lipinski definition) is 3. The number of H-pyrrole nitrogens is 1. The maximum absolute atomic E-state index is 12.4. The van der Waals surface area contributed by atoms with Crippen molar-refractivity contribution in [3.8, 4) is 0 Å². The van der Waals surface area contributed by atoms with Gasteiger partial charge in [-0.15, -0.1) is 0 Å². The standard InChI is InChI=1S/C17H18ClN5O/c1-10-16(18)11(2)23(21-10)9-15(24)22-7-12(8-22)17-19-13-5-3-4-6-14(13)20-17/h3-6,12H,7-9H2,1-2H3,(H,19,20). The largest absolute Gasteiger partial charge is 0.342 e. The van der Waals surface area contributed by atoms with E-state index in [4.69, 9.17) is 11.6 Å². The van der Waals surface area contributed by atoms with Gasteiger partial charge in [-0.3, -0.25) is 9.48 Å². The summed E-state index contributed by atoms with van der Waals surface area (Å²) in [4.78, 5) is 22.2. The number of carbonyl (C=O) groups excluding carboxylic acids is 1. The maximum atomic E-state index is 12.4. The Morgan fingerprint density at radius 2 is 2.08 bits per heavy atom. The van der Waals surface area contributed by atoms with Gasteiger partial charge in [-0.1, -0.05) is 23.7 Å². The molecule has 0 spiro atoms. The molecule has 0 aliphatic carbocycles. The van der Waals surface area contributed by atoms with Crippen molar-refractivity contribution in [3.63, 3.8) is 0 Å². The van der Waals surface area contributed by atoms with Gasteiger partial charge in [0.25, 0.3) is 0 Å². The van der Waals surface area contributed by atoms with Gasteiger partial charge in [0.05, 0.1) is 33.4 Å². The van der Waals surface area contributed by atoms with Crippen molar-refractivity contribution in [2.75, 3.05) is 13.1 Å². The lowest BCUT2D eigenvalue weighted by Gasteiger charge is -2.38. The highest BCUT2D eigenvalue weighted by Crippen LogP contribution is 2.27. The number of aryl methyl sites for hydroxylation is 1. The van der Waals surface area contributed by atoms with Crippen LogP contribution in [0.15, 0.2) is 24.3 Å². The van der Waals surface area contributed by atoms with Crippen molar-refractivity contribution >= 4 is 28.5 Å². The summed E-state index contributed by atoms with van der Waals surface area (Å²) in [6, 6.07) is 7.97. The summed E-state index contributed by atoms with van der Waals surface area (Å²) in [5.74, 6) is 1.28. The Morgan fingerprint density at radius 1 is 1.33 bits per heavy atom. The van der Waals surface area contributed by atoms with E-state index in [1.165, 1.54) is 0 Å². The molecular formula is C17H18ClN5O. The van der Waals surface area contributed by atoms with Gasteiger partial charge in [0.15, 0.2) is 0 Å². The minimum absolute atomic E-state index is 0.0598. The van der Waals surface area contributed by atoms with Crippen LogP contribution in [0.3, 0.4) is 0 Å². The smallest absolute Gasteiger partial charge is 0.244 e. The second-order valence-corrected chi connectivity index (χ2v) is 6.66. The number of aromatic nitrogens is 4. The molecule has 4 rings (SSSR count).